The molecule has 0 spiro atoms. The van der Waals surface area contributed by atoms with Crippen molar-refractivity contribution in [3.05, 3.63) is 12.7 Å². The van der Waals surface area contributed by atoms with E-state index in [1.807, 2.05) is 20.8 Å². The Hall–Kier alpha value is -2.95. The molecule has 0 bridgehead atoms. The van der Waals surface area contributed by atoms with Crippen molar-refractivity contribution in [2.45, 2.75) is 128 Å². The average molecular weight is 591 g/mol. The van der Waals surface area contributed by atoms with E-state index in [9.17, 15) is 24.0 Å². The number of nitrogens with one attached hydrogen (secondary N) is 3. The lowest BCUT2D eigenvalue weighted by Crippen LogP contribution is -2.59. The maximum Gasteiger partial charge on any atom is 0.408 e. The van der Waals surface area contributed by atoms with E-state index < -0.39 is 53.0 Å². The molecule has 1 aliphatic carbocycles. The molecule has 3 fully saturated rings. The van der Waals surface area contributed by atoms with Crippen LogP contribution in [-0.2, 0) is 28.7 Å². The summed E-state index contributed by atoms with van der Waals surface area (Å²) in [5.41, 5.74) is -1.22. The van der Waals surface area contributed by atoms with Crippen LogP contribution in [0.15, 0.2) is 12.7 Å². The number of Topliss-reactive ketones (excluding diaryl/α,β-unsaturated/α-hetero) is 1. The Kier molecular flexibility index (Phi) is 11.2. The number of ether oxygens (including phenoxy) is 2. The van der Waals surface area contributed by atoms with Gasteiger partial charge in [-0.25, -0.2) is 4.79 Å². The highest BCUT2D eigenvalue weighted by molar-refractivity contribution is 6.38. The first-order chi connectivity index (χ1) is 19.7. The molecule has 42 heavy (non-hydrogen) atoms. The van der Waals surface area contributed by atoms with Crippen molar-refractivity contribution in [1.82, 2.24) is 20.9 Å². The highest BCUT2D eigenvalue weighted by Crippen LogP contribution is 2.43. The van der Waals surface area contributed by atoms with E-state index in [1.165, 1.54) is 11.0 Å². The second-order valence-electron chi connectivity index (χ2n) is 13.5. The molecule has 3 unspecified atom stereocenters. The molecule has 0 aromatic carbocycles. The second kappa shape index (κ2) is 14.0. The van der Waals surface area contributed by atoms with Crippen LogP contribution in [0.1, 0.15) is 92.9 Å². The van der Waals surface area contributed by atoms with Crippen molar-refractivity contribution in [3.63, 3.8) is 0 Å². The summed E-state index contributed by atoms with van der Waals surface area (Å²) in [6, 6.07) is -2.81. The minimum atomic E-state index is -1.03. The topological polar surface area (TPSA) is 143 Å². The average Bonchev–Trinajstić information content (AvgIpc) is 3.40. The quantitative estimate of drug-likeness (QED) is 0.248. The van der Waals surface area contributed by atoms with Crippen LogP contribution in [0.5, 0.6) is 0 Å². The number of likely N-dealkylation sites (tertiary alicyclic amines) is 1. The highest BCUT2D eigenvalue weighted by Gasteiger charge is 2.56. The normalized spacial score (nSPS) is 25.1. The number of ketones is 1. The van der Waals surface area contributed by atoms with Gasteiger partial charge in [-0.3, -0.25) is 19.2 Å². The Balaban J connectivity index is 1.89. The van der Waals surface area contributed by atoms with Crippen molar-refractivity contribution in [3.8, 4) is 0 Å². The molecule has 0 radical (unpaired) electrons. The van der Waals surface area contributed by atoms with Gasteiger partial charge >= 0.3 is 6.09 Å². The smallest absolute Gasteiger partial charge is 0.408 e. The number of hydrogen-bond donors (Lipinski definition) is 3. The van der Waals surface area contributed by atoms with Gasteiger partial charge in [-0.15, -0.1) is 6.58 Å². The van der Waals surface area contributed by atoms with E-state index in [2.05, 4.69) is 22.5 Å². The van der Waals surface area contributed by atoms with Crippen LogP contribution >= 0.6 is 0 Å². The van der Waals surface area contributed by atoms with Gasteiger partial charge in [-0.05, 0) is 66.2 Å². The van der Waals surface area contributed by atoms with Gasteiger partial charge in [0, 0.05) is 19.0 Å². The molecular weight excluding hydrogens is 540 g/mol. The molecule has 1 saturated carbocycles. The predicted octanol–water partition coefficient (Wildman–Crippen LogP) is 3.01. The van der Waals surface area contributed by atoms with Gasteiger partial charge in [0.05, 0.1) is 17.7 Å². The molecule has 3 aliphatic rings. The van der Waals surface area contributed by atoms with Gasteiger partial charge in [0.25, 0.3) is 5.91 Å². The summed E-state index contributed by atoms with van der Waals surface area (Å²) >= 11 is 0. The number of carbonyl (C=O) groups is 5. The minimum absolute atomic E-state index is 0.0942. The summed E-state index contributed by atoms with van der Waals surface area (Å²) in [5.74, 6) is -2.79. The van der Waals surface area contributed by atoms with Gasteiger partial charge in [0.2, 0.25) is 17.6 Å². The van der Waals surface area contributed by atoms with E-state index in [0.29, 0.717) is 12.8 Å². The fourth-order valence-electron chi connectivity index (χ4n) is 6.52. The number of carbonyl (C=O) groups excluding carboxylic acids is 5. The highest BCUT2D eigenvalue weighted by atomic mass is 16.6. The van der Waals surface area contributed by atoms with Gasteiger partial charge in [0.1, 0.15) is 17.7 Å². The second-order valence-corrected chi connectivity index (χ2v) is 13.5. The Bertz CT molecular complexity index is 1030. The number of hydrogen-bond acceptors (Lipinski definition) is 7. The molecule has 5 atom stereocenters. The third-order valence-corrected chi connectivity index (χ3v) is 8.25. The maximum absolute atomic E-state index is 14.3. The lowest BCUT2D eigenvalue weighted by atomic mass is 9.83. The molecule has 11 heteroatoms. The summed E-state index contributed by atoms with van der Waals surface area (Å²) in [7, 11) is 0. The number of nitrogens with zero attached hydrogens (tertiary/aromatic N) is 1. The third-order valence-electron chi connectivity index (χ3n) is 8.25. The fraction of sp³-hybridized carbons (Fsp3) is 0.774. The van der Waals surface area contributed by atoms with Crippen LogP contribution in [0.4, 0.5) is 4.79 Å². The molecule has 2 heterocycles. The molecule has 2 aliphatic heterocycles. The van der Waals surface area contributed by atoms with Crippen molar-refractivity contribution >= 4 is 29.6 Å². The molecular formula is C31H50N4O7. The van der Waals surface area contributed by atoms with Crippen LogP contribution in [0, 0.1) is 11.8 Å². The van der Waals surface area contributed by atoms with E-state index >= 15 is 0 Å². The summed E-state index contributed by atoms with van der Waals surface area (Å²) in [5, 5.41) is 8.11. The number of rotatable bonds is 11. The zero-order valence-corrected chi connectivity index (χ0v) is 26.1. The van der Waals surface area contributed by atoms with Crippen LogP contribution < -0.4 is 16.0 Å². The molecule has 11 nitrogen and oxygen atoms in total. The molecule has 0 aromatic rings. The molecule has 0 aromatic heterocycles. The number of fused-ring (bicyclic) bond motifs is 1. The molecule has 3 N–H and O–H groups in total. The van der Waals surface area contributed by atoms with Crippen molar-refractivity contribution < 1.29 is 33.4 Å². The largest absolute Gasteiger partial charge is 0.444 e. The summed E-state index contributed by atoms with van der Waals surface area (Å²) in [6.45, 7) is 14.9. The monoisotopic (exact) mass is 590 g/mol. The fourth-order valence-corrected chi connectivity index (χ4v) is 6.52. The molecule has 2 saturated heterocycles. The van der Waals surface area contributed by atoms with Gasteiger partial charge in [-0.1, -0.05) is 38.7 Å². The Morgan fingerprint density at radius 3 is 2.36 bits per heavy atom. The van der Waals surface area contributed by atoms with Crippen LogP contribution in [0.3, 0.4) is 0 Å². The Morgan fingerprint density at radius 2 is 1.76 bits per heavy atom. The first kappa shape index (κ1) is 33.6. The van der Waals surface area contributed by atoms with Crippen molar-refractivity contribution in [2.75, 3.05) is 13.1 Å². The van der Waals surface area contributed by atoms with Crippen molar-refractivity contribution in [1.29, 1.82) is 0 Å². The van der Waals surface area contributed by atoms with Crippen LogP contribution in [0.2, 0.25) is 0 Å². The van der Waals surface area contributed by atoms with Crippen molar-refractivity contribution in [2.24, 2.45) is 11.8 Å². The molecule has 3 rings (SSSR count). The van der Waals surface area contributed by atoms with Gasteiger partial charge in [0.15, 0.2) is 0 Å². The van der Waals surface area contributed by atoms with Crippen LogP contribution in [0.25, 0.3) is 0 Å². The lowest BCUT2D eigenvalue weighted by molar-refractivity contribution is -0.144. The first-order valence-corrected chi connectivity index (χ1v) is 15.4. The minimum Gasteiger partial charge on any atom is -0.444 e. The number of alkyl carbamates (subject to hydrolysis) is 1. The summed E-state index contributed by atoms with van der Waals surface area (Å²) < 4.78 is 11.8. The molecule has 4 amide bonds. The standard InChI is InChI=1S/C31H50N4O7/c1-8-13-21(25(36)27(38)32-16-9-2)33-26(37)24-20-17-31(6,7)41-22(20)18-35(24)28(39)23(19-14-11-10-12-15-19)34-29(40)42-30(3,4)5/h9,19-24H,2,8,10-18H2,1,3-7H3,(H,32,38)(H,33,37)(H,34,40)/t20?,21?,22?,23-,24-/m0/s1. The Labute approximate surface area is 249 Å². The zero-order valence-electron chi connectivity index (χ0n) is 26.1. The first-order valence-electron chi connectivity index (χ1n) is 15.4. The van der Waals surface area contributed by atoms with E-state index in [-0.39, 0.29) is 43.4 Å². The number of amides is 4. The maximum atomic E-state index is 14.3. The summed E-state index contributed by atoms with van der Waals surface area (Å²) in [4.78, 5) is 68.1. The van der Waals surface area contributed by atoms with E-state index in [4.69, 9.17) is 9.47 Å². The Morgan fingerprint density at radius 1 is 1.10 bits per heavy atom. The predicted molar refractivity (Wildman–Crippen MR) is 157 cm³/mol. The van der Waals surface area contributed by atoms with E-state index in [0.717, 1.165) is 32.1 Å². The lowest BCUT2D eigenvalue weighted by Gasteiger charge is -2.36. The van der Waals surface area contributed by atoms with Gasteiger partial charge < -0.3 is 30.3 Å². The summed E-state index contributed by atoms with van der Waals surface area (Å²) in [6.07, 6.45) is 6.32. The van der Waals surface area contributed by atoms with E-state index in [1.54, 1.807) is 20.8 Å². The molecule has 236 valence electrons. The zero-order chi connectivity index (χ0) is 31.2. The SMILES string of the molecule is C=CCNC(=O)C(=O)C(CCC)NC(=O)[C@@H]1C2CC(C)(C)OC2CN1C(=O)[C@@H](NC(=O)OC(C)(C)C)C1CCCCC1. The third kappa shape index (κ3) is 8.55. The van der Waals surface area contributed by atoms with Gasteiger partial charge in [-0.2, -0.15) is 0 Å². The van der Waals surface area contributed by atoms with Crippen LogP contribution in [-0.4, -0.2) is 83.0 Å².